The van der Waals surface area contributed by atoms with Crippen LogP contribution in [0.5, 0.6) is 0 Å². The van der Waals surface area contributed by atoms with Gasteiger partial charge >= 0.3 is 0 Å². The second-order valence-corrected chi connectivity index (χ2v) is 4.84. The molecule has 0 saturated carbocycles. The molecular formula is C16H19N3O2. The molecule has 5 nitrogen and oxygen atoms in total. The Balaban J connectivity index is 2.19. The number of benzene rings is 2. The van der Waals surface area contributed by atoms with E-state index in [0.29, 0.717) is 6.54 Å². The first-order valence-corrected chi connectivity index (χ1v) is 6.92. The highest BCUT2D eigenvalue weighted by Gasteiger charge is 2.09. The first kappa shape index (κ1) is 14.8. The molecule has 0 heterocycles. The van der Waals surface area contributed by atoms with Crippen molar-refractivity contribution in [3.05, 3.63) is 63.7 Å². The summed E-state index contributed by atoms with van der Waals surface area (Å²) in [5.74, 6) is 0. The molecule has 0 fully saturated rings. The summed E-state index contributed by atoms with van der Waals surface area (Å²) in [7, 11) is 0. The van der Waals surface area contributed by atoms with Crippen molar-refractivity contribution in [3.8, 4) is 0 Å². The number of anilines is 2. The van der Waals surface area contributed by atoms with E-state index in [2.05, 4.69) is 23.6 Å². The van der Waals surface area contributed by atoms with Gasteiger partial charge in [0, 0.05) is 36.6 Å². The Morgan fingerprint density at radius 2 is 1.76 bits per heavy atom. The predicted octanol–water partition coefficient (Wildman–Crippen LogP) is 3.95. The third-order valence-electron chi connectivity index (χ3n) is 3.25. The average molecular weight is 285 g/mol. The molecule has 0 unspecified atom stereocenters. The van der Waals surface area contributed by atoms with Gasteiger partial charge in [0.05, 0.1) is 4.92 Å². The summed E-state index contributed by atoms with van der Waals surface area (Å²) < 4.78 is 0. The van der Waals surface area contributed by atoms with Crippen molar-refractivity contribution in [2.75, 3.05) is 17.2 Å². The second-order valence-electron chi connectivity index (χ2n) is 4.84. The molecule has 0 spiro atoms. The normalized spacial score (nSPS) is 10.2. The Labute approximate surface area is 124 Å². The van der Waals surface area contributed by atoms with Gasteiger partial charge in [-0.15, -0.1) is 0 Å². The lowest BCUT2D eigenvalue weighted by Gasteiger charge is -2.11. The number of nitro groups is 1. The summed E-state index contributed by atoms with van der Waals surface area (Å²) in [5, 5.41) is 17.3. The van der Waals surface area contributed by atoms with E-state index in [1.54, 1.807) is 12.1 Å². The smallest absolute Gasteiger partial charge is 0.273 e. The highest BCUT2D eigenvalue weighted by molar-refractivity contribution is 5.63. The van der Waals surface area contributed by atoms with Crippen molar-refractivity contribution < 1.29 is 4.92 Å². The van der Waals surface area contributed by atoms with E-state index >= 15 is 0 Å². The van der Waals surface area contributed by atoms with Crippen molar-refractivity contribution in [1.29, 1.82) is 0 Å². The minimum atomic E-state index is -0.375. The predicted molar refractivity (Wildman–Crippen MR) is 85.8 cm³/mol. The van der Waals surface area contributed by atoms with Gasteiger partial charge in [0.1, 0.15) is 0 Å². The Kier molecular flexibility index (Phi) is 4.77. The lowest BCUT2D eigenvalue weighted by atomic mass is 10.1. The van der Waals surface area contributed by atoms with Gasteiger partial charge in [0.15, 0.2) is 0 Å². The van der Waals surface area contributed by atoms with E-state index in [-0.39, 0.29) is 10.6 Å². The molecule has 2 aromatic rings. The van der Waals surface area contributed by atoms with Crippen LogP contribution in [0.2, 0.25) is 0 Å². The number of aryl methyl sites for hydroxylation is 1. The monoisotopic (exact) mass is 285 g/mol. The maximum Gasteiger partial charge on any atom is 0.273 e. The summed E-state index contributed by atoms with van der Waals surface area (Å²) in [6, 6.07) is 13.1. The van der Waals surface area contributed by atoms with E-state index in [1.807, 2.05) is 31.2 Å². The molecule has 0 saturated heterocycles. The molecule has 2 aromatic carbocycles. The SMILES string of the molecule is CCNc1cc(NCc2ccccc2C)cc([N+](=O)[O-])c1. The molecule has 2 N–H and O–H groups in total. The van der Waals surface area contributed by atoms with E-state index in [4.69, 9.17) is 0 Å². The van der Waals surface area contributed by atoms with Crippen LogP contribution in [0.4, 0.5) is 17.1 Å². The van der Waals surface area contributed by atoms with Gasteiger partial charge in [-0.1, -0.05) is 24.3 Å². The van der Waals surface area contributed by atoms with E-state index in [0.717, 1.165) is 17.9 Å². The van der Waals surface area contributed by atoms with Crippen molar-refractivity contribution >= 4 is 17.1 Å². The van der Waals surface area contributed by atoms with Gasteiger partial charge in [0.2, 0.25) is 0 Å². The molecule has 0 aliphatic rings. The van der Waals surface area contributed by atoms with Crippen molar-refractivity contribution in [3.63, 3.8) is 0 Å². The van der Waals surface area contributed by atoms with Crippen molar-refractivity contribution in [2.24, 2.45) is 0 Å². The highest BCUT2D eigenvalue weighted by atomic mass is 16.6. The van der Waals surface area contributed by atoms with Crippen LogP contribution < -0.4 is 10.6 Å². The van der Waals surface area contributed by atoms with Crippen LogP contribution in [0.1, 0.15) is 18.1 Å². The third-order valence-corrected chi connectivity index (χ3v) is 3.25. The first-order valence-electron chi connectivity index (χ1n) is 6.92. The molecule has 110 valence electrons. The highest BCUT2D eigenvalue weighted by Crippen LogP contribution is 2.25. The first-order chi connectivity index (χ1) is 10.1. The number of rotatable bonds is 6. The van der Waals surface area contributed by atoms with Crippen LogP contribution in [-0.2, 0) is 6.54 Å². The summed E-state index contributed by atoms with van der Waals surface area (Å²) in [6.07, 6.45) is 0. The van der Waals surface area contributed by atoms with E-state index < -0.39 is 0 Å². The molecule has 5 heteroatoms. The van der Waals surface area contributed by atoms with Crippen molar-refractivity contribution in [1.82, 2.24) is 0 Å². The molecule has 0 radical (unpaired) electrons. The molecule has 21 heavy (non-hydrogen) atoms. The minimum absolute atomic E-state index is 0.0840. The number of hydrogen-bond acceptors (Lipinski definition) is 4. The molecule has 2 rings (SSSR count). The third kappa shape index (κ3) is 3.95. The zero-order valence-electron chi connectivity index (χ0n) is 12.2. The lowest BCUT2D eigenvalue weighted by Crippen LogP contribution is -2.04. The molecule has 0 bridgehead atoms. The summed E-state index contributed by atoms with van der Waals surface area (Å²) >= 11 is 0. The number of nitrogens with zero attached hydrogens (tertiary/aromatic N) is 1. The molecule has 0 amide bonds. The fourth-order valence-electron chi connectivity index (χ4n) is 2.13. The van der Waals surface area contributed by atoms with Gasteiger partial charge in [-0.05, 0) is 31.0 Å². The van der Waals surface area contributed by atoms with Crippen LogP contribution in [0.3, 0.4) is 0 Å². The van der Waals surface area contributed by atoms with Gasteiger partial charge in [-0.2, -0.15) is 0 Å². The minimum Gasteiger partial charge on any atom is -0.385 e. The molecular weight excluding hydrogens is 266 g/mol. The Morgan fingerprint density at radius 1 is 1.10 bits per heavy atom. The fourth-order valence-corrected chi connectivity index (χ4v) is 2.13. The topological polar surface area (TPSA) is 67.2 Å². The van der Waals surface area contributed by atoms with Gasteiger partial charge < -0.3 is 10.6 Å². The van der Waals surface area contributed by atoms with Crippen LogP contribution >= 0.6 is 0 Å². The molecule has 0 aromatic heterocycles. The van der Waals surface area contributed by atoms with Crippen molar-refractivity contribution in [2.45, 2.75) is 20.4 Å². The van der Waals surface area contributed by atoms with Crippen LogP contribution in [0, 0.1) is 17.0 Å². The van der Waals surface area contributed by atoms with E-state index in [1.165, 1.54) is 11.1 Å². The fraction of sp³-hybridized carbons (Fsp3) is 0.250. The Bertz CT molecular complexity index is 641. The van der Waals surface area contributed by atoms with Crippen LogP contribution in [0.25, 0.3) is 0 Å². The number of nitro benzene ring substituents is 1. The second kappa shape index (κ2) is 6.74. The van der Waals surface area contributed by atoms with Crippen LogP contribution in [0.15, 0.2) is 42.5 Å². The zero-order valence-corrected chi connectivity index (χ0v) is 12.2. The maximum atomic E-state index is 11.0. The number of hydrogen-bond donors (Lipinski definition) is 2. The molecule has 0 atom stereocenters. The summed E-state index contributed by atoms with van der Waals surface area (Å²) in [5.41, 5.74) is 3.94. The molecule has 0 aliphatic heterocycles. The van der Waals surface area contributed by atoms with Gasteiger partial charge in [-0.3, -0.25) is 10.1 Å². The molecule has 0 aliphatic carbocycles. The van der Waals surface area contributed by atoms with Gasteiger partial charge in [0.25, 0.3) is 5.69 Å². The maximum absolute atomic E-state index is 11.0. The number of nitrogens with one attached hydrogen (secondary N) is 2. The lowest BCUT2D eigenvalue weighted by molar-refractivity contribution is -0.384. The summed E-state index contributed by atoms with van der Waals surface area (Å²) in [6.45, 7) is 5.37. The average Bonchev–Trinajstić information content (AvgIpc) is 2.46. The van der Waals surface area contributed by atoms with E-state index in [9.17, 15) is 10.1 Å². The Hall–Kier alpha value is -2.56. The number of non-ortho nitro benzene ring substituents is 1. The largest absolute Gasteiger partial charge is 0.385 e. The van der Waals surface area contributed by atoms with Gasteiger partial charge in [-0.25, -0.2) is 0 Å². The zero-order chi connectivity index (χ0) is 15.2. The van der Waals surface area contributed by atoms with Crippen LogP contribution in [-0.4, -0.2) is 11.5 Å². The standard InChI is InChI=1S/C16H19N3O2/c1-3-17-14-8-15(10-16(9-14)19(20)21)18-11-13-7-5-4-6-12(13)2/h4-10,17-18H,3,11H2,1-2H3. The quantitative estimate of drug-likeness (QED) is 0.623. The summed E-state index contributed by atoms with van der Waals surface area (Å²) in [4.78, 5) is 10.6. The Morgan fingerprint density at radius 3 is 2.38 bits per heavy atom.